The van der Waals surface area contributed by atoms with Gasteiger partial charge in [0.2, 0.25) is 0 Å². The molecular weight excluding hydrogens is 230 g/mol. The summed E-state index contributed by atoms with van der Waals surface area (Å²) in [6.45, 7) is 5.85. The summed E-state index contributed by atoms with van der Waals surface area (Å²) in [6.07, 6.45) is 2.18. The molecule has 1 unspecified atom stereocenters. The molecule has 0 saturated carbocycles. The van der Waals surface area contributed by atoms with E-state index in [9.17, 15) is 4.21 Å². The predicted octanol–water partition coefficient (Wildman–Crippen LogP) is 2.57. The molecule has 1 aliphatic heterocycles. The maximum atomic E-state index is 12.7. The van der Waals surface area contributed by atoms with Crippen LogP contribution in [0.5, 0.6) is 0 Å². The normalized spacial score (nSPS) is 20.3. The summed E-state index contributed by atoms with van der Waals surface area (Å²) in [6, 6.07) is 9.53. The molecule has 1 atom stereocenters. The number of nitrogens with zero attached hydrogens (tertiary/aromatic N) is 1. The van der Waals surface area contributed by atoms with Crippen molar-refractivity contribution in [2.45, 2.75) is 18.7 Å². The molecule has 1 heterocycles. The van der Waals surface area contributed by atoms with Crippen LogP contribution >= 0.6 is 0 Å². The first-order chi connectivity index (χ1) is 8.01. The van der Waals surface area contributed by atoms with Crippen molar-refractivity contribution in [2.24, 2.45) is 5.92 Å². The fourth-order valence-electron chi connectivity index (χ4n) is 1.98. The van der Waals surface area contributed by atoms with Gasteiger partial charge in [-0.1, -0.05) is 43.7 Å². The van der Waals surface area contributed by atoms with Crippen LogP contribution in [0.4, 0.5) is 0 Å². The van der Waals surface area contributed by atoms with Crippen molar-refractivity contribution in [1.82, 2.24) is 4.31 Å². The minimum absolute atomic E-state index is 0.519. The van der Waals surface area contributed by atoms with Crippen LogP contribution in [0, 0.1) is 5.92 Å². The van der Waals surface area contributed by atoms with Gasteiger partial charge in [-0.05, 0) is 23.9 Å². The number of hydrogen-bond donors (Lipinski definition) is 0. The lowest BCUT2D eigenvalue weighted by molar-refractivity contribution is 0.530. The molecule has 17 heavy (non-hydrogen) atoms. The molecule has 1 aliphatic rings. The zero-order chi connectivity index (χ0) is 12.5. The summed E-state index contributed by atoms with van der Waals surface area (Å²) in [5, 5.41) is 0. The molecule has 0 radical (unpaired) electrons. The standard InChI is InChI=1S/C14H19NOS/c1-12(2)13-9-10-15(11-13)17(3,16)14-7-5-4-6-8-14/h4-9,12H,3,10-11H2,1-2H3. The van der Waals surface area contributed by atoms with Crippen LogP contribution in [0.25, 0.3) is 0 Å². The maximum Gasteiger partial charge on any atom is 0.0564 e. The smallest absolute Gasteiger partial charge is 0.0564 e. The first kappa shape index (κ1) is 12.4. The minimum atomic E-state index is -2.32. The molecule has 3 heteroatoms. The van der Waals surface area contributed by atoms with E-state index in [1.807, 2.05) is 34.6 Å². The Hall–Kier alpha value is -1.06. The molecule has 0 bridgehead atoms. The second kappa shape index (κ2) is 4.67. The monoisotopic (exact) mass is 249 g/mol. The SMILES string of the molecule is C=S(=O)(c1ccccc1)N1CC=C(C(C)C)C1. The lowest BCUT2D eigenvalue weighted by atomic mass is 10.1. The Bertz CT molecular complexity index is 514. The van der Waals surface area contributed by atoms with E-state index in [-0.39, 0.29) is 0 Å². The van der Waals surface area contributed by atoms with Gasteiger partial charge in [-0.2, -0.15) is 0 Å². The molecule has 2 rings (SSSR count). The summed E-state index contributed by atoms with van der Waals surface area (Å²) in [5.41, 5.74) is 1.36. The van der Waals surface area contributed by atoms with E-state index in [0.717, 1.165) is 18.0 Å². The van der Waals surface area contributed by atoms with Crippen LogP contribution in [0.15, 0.2) is 46.9 Å². The lowest BCUT2D eigenvalue weighted by Gasteiger charge is -2.22. The third kappa shape index (κ3) is 2.45. The Balaban J connectivity index is 2.21. The van der Waals surface area contributed by atoms with Gasteiger partial charge in [0.1, 0.15) is 0 Å². The molecule has 92 valence electrons. The van der Waals surface area contributed by atoms with Gasteiger partial charge in [0.15, 0.2) is 0 Å². The van der Waals surface area contributed by atoms with Gasteiger partial charge < -0.3 is 0 Å². The molecule has 0 aromatic heterocycles. The molecular formula is C14H19NOS. The number of benzene rings is 1. The van der Waals surface area contributed by atoms with Crippen LogP contribution in [0.2, 0.25) is 0 Å². The third-order valence-corrected chi connectivity index (χ3v) is 5.31. The highest BCUT2D eigenvalue weighted by atomic mass is 32.2. The van der Waals surface area contributed by atoms with E-state index in [1.165, 1.54) is 5.57 Å². The highest BCUT2D eigenvalue weighted by Gasteiger charge is 2.23. The highest BCUT2D eigenvalue weighted by molar-refractivity contribution is 7.98. The van der Waals surface area contributed by atoms with Crippen molar-refractivity contribution in [3.63, 3.8) is 0 Å². The molecule has 1 aromatic carbocycles. The van der Waals surface area contributed by atoms with Crippen molar-refractivity contribution in [3.05, 3.63) is 42.0 Å². The van der Waals surface area contributed by atoms with Crippen LogP contribution in [0.1, 0.15) is 13.8 Å². The fourth-order valence-corrected chi connectivity index (χ4v) is 3.53. The Morgan fingerprint density at radius 3 is 2.47 bits per heavy atom. The zero-order valence-corrected chi connectivity index (χ0v) is 11.2. The lowest BCUT2D eigenvalue weighted by Crippen LogP contribution is -2.29. The second-order valence-corrected chi connectivity index (χ2v) is 6.98. The second-order valence-electron chi connectivity index (χ2n) is 4.71. The highest BCUT2D eigenvalue weighted by Crippen LogP contribution is 2.23. The Labute approximate surface area is 104 Å². The quantitative estimate of drug-likeness (QED) is 0.595. The molecule has 0 spiro atoms. The fraction of sp³-hybridized carbons (Fsp3) is 0.357. The maximum absolute atomic E-state index is 12.7. The average molecular weight is 249 g/mol. The first-order valence-electron chi connectivity index (χ1n) is 5.88. The van der Waals surface area contributed by atoms with Crippen molar-refractivity contribution < 1.29 is 4.21 Å². The van der Waals surface area contributed by atoms with Crippen molar-refractivity contribution >= 4 is 15.6 Å². The molecule has 0 amide bonds. The summed E-state index contributed by atoms with van der Waals surface area (Å²) in [4.78, 5) is 0.818. The van der Waals surface area contributed by atoms with Gasteiger partial charge in [-0.25, -0.2) is 8.51 Å². The van der Waals surface area contributed by atoms with Crippen LogP contribution in [-0.2, 0) is 9.71 Å². The van der Waals surface area contributed by atoms with Crippen LogP contribution in [-0.4, -0.2) is 27.5 Å². The van der Waals surface area contributed by atoms with Gasteiger partial charge in [0.25, 0.3) is 0 Å². The molecule has 0 saturated heterocycles. The third-order valence-electron chi connectivity index (χ3n) is 3.19. The van der Waals surface area contributed by atoms with E-state index >= 15 is 0 Å². The molecule has 2 nitrogen and oxygen atoms in total. The summed E-state index contributed by atoms with van der Waals surface area (Å²) < 4.78 is 14.7. The van der Waals surface area contributed by atoms with E-state index in [4.69, 9.17) is 0 Å². The molecule has 0 aliphatic carbocycles. The Morgan fingerprint density at radius 1 is 1.29 bits per heavy atom. The van der Waals surface area contributed by atoms with Gasteiger partial charge in [-0.15, -0.1) is 0 Å². The molecule has 1 aromatic rings. The van der Waals surface area contributed by atoms with Gasteiger partial charge in [0, 0.05) is 18.0 Å². The zero-order valence-electron chi connectivity index (χ0n) is 10.4. The Morgan fingerprint density at radius 2 is 1.94 bits per heavy atom. The summed E-state index contributed by atoms with van der Waals surface area (Å²) in [7, 11) is -2.32. The number of rotatable bonds is 3. The van der Waals surface area contributed by atoms with E-state index < -0.39 is 9.71 Å². The van der Waals surface area contributed by atoms with Gasteiger partial charge in [-0.3, -0.25) is 0 Å². The van der Waals surface area contributed by atoms with E-state index in [0.29, 0.717) is 5.92 Å². The van der Waals surface area contributed by atoms with Crippen molar-refractivity contribution in [2.75, 3.05) is 13.1 Å². The molecule has 0 fully saturated rings. The van der Waals surface area contributed by atoms with Crippen LogP contribution < -0.4 is 0 Å². The average Bonchev–Trinajstić information content (AvgIpc) is 2.80. The topological polar surface area (TPSA) is 20.3 Å². The summed E-state index contributed by atoms with van der Waals surface area (Å²) >= 11 is 0. The predicted molar refractivity (Wildman–Crippen MR) is 74.5 cm³/mol. The molecule has 0 N–H and O–H groups in total. The number of hydrogen-bond acceptors (Lipinski definition) is 1. The van der Waals surface area contributed by atoms with Crippen LogP contribution in [0.3, 0.4) is 0 Å². The van der Waals surface area contributed by atoms with E-state index in [2.05, 4.69) is 25.8 Å². The summed E-state index contributed by atoms with van der Waals surface area (Å²) in [5.74, 6) is 4.46. The largest absolute Gasteiger partial charge is 0.248 e. The van der Waals surface area contributed by atoms with Gasteiger partial charge in [0.05, 0.1) is 9.71 Å². The van der Waals surface area contributed by atoms with Gasteiger partial charge >= 0.3 is 0 Å². The minimum Gasteiger partial charge on any atom is -0.248 e. The van der Waals surface area contributed by atoms with Crippen molar-refractivity contribution in [1.29, 1.82) is 0 Å². The Kier molecular flexibility index (Phi) is 3.40. The first-order valence-corrected chi connectivity index (χ1v) is 7.56. The van der Waals surface area contributed by atoms with E-state index in [1.54, 1.807) is 0 Å². The van der Waals surface area contributed by atoms with Crippen molar-refractivity contribution in [3.8, 4) is 0 Å².